The van der Waals surface area contributed by atoms with Crippen LogP contribution in [0, 0.1) is 0 Å². The van der Waals surface area contributed by atoms with Crippen molar-refractivity contribution in [2.45, 2.75) is 20.8 Å². The van der Waals surface area contributed by atoms with Crippen molar-refractivity contribution in [1.29, 1.82) is 0 Å². The van der Waals surface area contributed by atoms with E-state index in [2.05, 4.69) is 18.2 Å². The lowest BCUT2D eigenvalue weighted by molar-refractivity contribution is -0.140. The van der Waals surface area contributed by atoms with Crippen LogP contribution in [0.25, 0.3) is 0 Å². The minimum absolute atomic E-state index is 0.279. The standard InChI is InChI=1S/C19H25NO2/c1-6-16(2)9-7-10-17(3)11-8-12-18(4)15-20-13-14-22-19(5)21/h6-12,15H,1-2,13-14H2,3-5H3. The summed E-state index contributed by atoms with van der Waals surface area (Å²) in [6, 6.07) is 0. The molecule has 0 bridgehead atoms. The smallest absolute Gasteiger partial charge is 0.302 e. The number of carbonyl (C=O) groups is 1. The molecule has 0 unspecified atom stereocenters. The number of carbonyl (C=O) groups excluding carboxylic acids is 1. The first-order valence-electron chi connectivity index (χ1n) is 7.10. The molecular weight excluding hydrogens is 274 g/mol. The third kappa shape index (κ3) is 12.6. The van der Waals surface area contributed by atoms with Gasteiger partial charge in [-0.05, 0) is 25.0 Å². The lowest BCUT2D eigenvalue weighted by Crippen LogP contribution is -2.03. The van der Waals surface area contributed by atoms with E-state index in [1.54, 1.807) is 12.3 Å². The van der Waals surface area contributed by atoms with Crippen LogP contribution in [0.5, 0.6) is 0 Å². The van der Waals surface area contributed by atoms with Gasteiger partial charge in [0.15, 0.2) is 0 Å². The molecule has 0 amide bonds. The fourth-order valence-corrected chi connectivity index (χ4v) is 1.29. The molecule has 22 heavy (non-hydrogen) atoms. The summed E-state index contributed by atoms with van der Waals surface area (Å²) in [6.07, 6.45) is 15.3. The minimum Gasteiger partial charge on any atom is -0.464 e. The molecule has 0 aliphatic carbocycles. The molecule has 0 radical (unpaired) electrons. The number of esters is 1. The molecule has 118 valence electrons. The molecule has 0 N–H and O–H groups in total. The summed E-state index contributed by atoms with van der Waals surface area (Å²) in [5.41, 5.74) is 3.04. The number of hydrogen-bond acceptors (Lipinski definition) is 3. The second-order valence-electron chi connectivity index (χ2n) is 4.69. The fraction of sp³-hybridized carbons (Fsp3) is 0.263. The van der Waals surface area contributed by atoms with Crippen LogP contribution in [0.15, 0.2) is 77.4 Å². The summed E-state index contributed by atoms with van der Waals surface area (Å²) < 4.78 is 4.79. The average Bonchev–Trinajstić information content (AvgIpc) is 2.46. The van der Waals surface area contributed by atoms with E-state index in [1.165, 1.54) is 6.92 Å². The zero-order chi connectivity index (χ0) is 16.8. The molecule has 0 aromatic carbocycles. The highest BCUT2D eigenvalue weighted by atomic mass is 16.5. The minimum atomic E-state index is -0.279. The molecule has 0 saturated heterocycles. The van der Waals surface area contributed by atoms with E-state index in [0.717, 1.165) is 16.7 Å². The zero-order valence-corrected chi connectivity index (χ0v) is 13.7. The van der Waals surface area contributed by atoms with Crippen molar-refractivity contribution in [3.8, 4) is 0 Å². The largest absolute Gasteiger partial charge is 0.464 e. The number of rotatable bonds is 9. The van der Waals surface area contributed by atoms with Crippen LogP contribution >= 0.6 is 0 Å². The number of aliphatic imine (C=N–C) groups is 1. The summed E-state index contributed by atoms with van der Waals surface area (Å²) in [6.45, 7) is 13.6. The molecular formula is C19H25NO2. The van der Waals surface area contributed by atoms with Crippen LogP contribution in [0.3, 0.4) is 0 Å². The van der Waals surface area contributed by atoms with Crippen LogP contribution in [-0.4, -0.2) is 25.3 Å². The second kappa shape index (κ2) is 12.3. The number of ether oxygens (including phenoxy) is 1. The Balaban J connectivity index is 4.26. The van der Waals surface area contributed by atoms with E-state index in [-0.39, 0.29) is 5.97 Å². The van der Waals surface area contributed by atoms with E-state index >= 15 is 0 Å². The Labute approximate surface area is 133 Å². The Morgan fingerprint density at radius 1 is 1.09 bits per heavy atom. The second-order valence-corrected chi connectivity index (χ2v) is 4.69. The van der Waals surface area contributed by atoms with Gasteiger partial charge in [-0.25, -0.2) is 0 Å². The molecule has 0 aliphatic rings. The third-order valence-electron chi connectivity index (χ3n) is 2.47. The lowest BCUT2D eigenvalue weighted by Gasteiger charge is -1.96. The number of allylic oxidation sites excluding steroid dienone is 10. The monoisotopic (exact) mass is 299 g/mol. The Bertz CT molecular complexity index is 532. The summed E-state index contributed by atoms with van der Waals surface area (Å²) in [5, 5.41) is 0. The highest BCUT2D eigenvalue weighted by Crippen LogP contribution is 2.00. The maximum Gasteiger partial charge on any atom is 0.302 e. The topological polar surface area (TPSA) is 38.7 Å². The molecule has 0 heterocycles. The van der Waals surface area contributed by atoms with Gasteiger partial charge < -0.3 is 4.74 Å². The third-order valence-corrected chi connectivity index (χ3v) is 2.47. The number of hydrogen-bond donors (Lipinski definition) is 0. The molecule has 3 heteroatoms. The van der Waals surface area contributed by atoms with Crippen molar-refractivity contribution in [2.75, 3.05) is 13.2 Å². The van der Waals surface area contributed by atoms with E-state index in [9.17, 15) is 4.79 Å². The van der Waals surface area contributed by atoms with Gasteiger partial charge in [-0.1, -0.05) is 61.3 Å². The normalized spacial score (nSPS) is 13.2. The quantitative estimate of drug-likeness (QED) is 0.274. The van der Waals surface area contributed by atoms with Crippen LogP contribution in [0.2, 0.25) is 0 Å². The molecule has 0 atom stereocenters. The Morgan fingerprint density at radius 2 is 1.73 bits per heavy atom. The van der Waals surface area contributed by atoms with Crippen molar-refractivity contribution >= 4 is 12.2 Å². The summed E-state index contributed by atoms with van der Waals surface area (Å²) in [5.74, 6) is -0.279. The van der Waals surface area contributed by atoms with Crippen LogP contribution in [0.4, 0.5) is 0 Å². The Hall–Kier alpha value is -2.42. The van der Waals surface area contributed by atoms with Crippen molar-refractivity contribution in [3.05, 3.63) is 72.4 Å². The van der Waals surface area contributed by atoms with Gasteiger partial charge in [0.05, 0.1) is 6.54 Å². The predicted octanol–water partition coefficient (Wildman–Crippen LogP) is 4.37. The zero-order valence-electron chi connectivity index (χ0n) is 13.7. The molecule has 0 aromatic heterocycles. The molecule has 0 rings (SSSR count). The average molecular weight is 299 g/mol. The molecule has 0 aromatic rings. The van der Waals surface area contributed by atoms with Crippen molar-refractivity contribution in [2.24, 2.45) is 4.99 Å². The highest BCUT2D eigenvalue weighted by Gasteiger charge is 1.89. The van der Waals surface area contributed by atoms with Crippen molar-refractivity contribution in [3.63, 3.8) is 0 Å². The molecule has 0 fully saturated rings. The molecule has 0 saturated carbocycles. The van der Waals surface area contributed by atoms with Gasteiger partial charge in [0, 0.05) is 13.1 Å². The molecule has 3 nitrogen and oxygen atoms in total. The Morgan fingerprint density at radius 3 is 2.36 bits per heavy atom. The van der Waals surface area contributed by atoms with Gasteiger partial charge in [0.25, 0.3) is 0 Å². The first kappa shape index (κ1) is 19.6. The maximum atomic E-state index is 10.6. The summed E-state index contributed by atoms with van der Waals surface area (Å²) >= 11 is 0. The van der Waals surface area contributed by atoms with E-state index in [0.29, 0.717) is 13.2 Å². The van der Waals surface area contributed by atoms with Crippen LogP contribution in [0.1, 0.15) is 20.8 Å². The van der Waals surface area contributed by atoms with Crippen molar-refractivity contribution < 1.29 is 9.53 Å². The molecule has 0 spiro atoms. The predicted molar refractivity (Wildman–Crippen MR) is 95.1 cm³/mol. The Kier molecular flexibility index (Phi) is 11.0. The van der Waals surface area contributed by atoms with Gasteiger partial charge in [-0.15, -0.1) is 0 Å². The number of nitrogens with zero attached hydrogens (tertiary/aromatic N) is 1. The van der Waals surface area contributed by atoms with E-state index < -0.39 is 0 Å². The lowest BCUT2D eigenvalue weighted by atomic mass is 10.2. The van der Waals surface area contributed by atoms with Gasteiger partial charge in [-0.2, -0.15) is 0 Å². The molecule has 0 aliphatic heterocycles. The highest BCUT2D eigenvalue weighted by molar-refractivity contribution is 5.78. The fourth-order valence-electron chi connectivity index (χ4n) is 1.29. The van der Waals surface area contributed by atoms with Gasteiger partial charge in [-0.3, -0.25) is 9.79 Å². The first-order chi connectivity index (χ1) is 10.5. The van der Waals surface area contributed by atoms with Crippen LogP contribution in [-0.2, 0) is 9.53 Å². The first-order valence-corrected chi connectivity index (χ1v) is 7.10. The van der Waals surface area contributed by atoms with E-state index in [4.69, 9.17) is 4.74 Å². The summed E-state index contributed by atoms with van der Waals surface area (Å²) in [7, 11) is 0. The van der Waals surface area contributed by atoms with E-state index in [1.807, 2.05) is 50.3 Å². The van der Waals surface area contributed by atoms with Crippen LogP contribution < -0.4 is 0 Å². The van der Waals surface area contributed by atoms with Gasteiger partial charge in [0.2, 0.25) is 0 Å². The summed E-state index contributed by atoms with van der Waals surface area (Å²) in [4.78, 5) is 14.7. The van der Waals surface area contributed by atoms with Gasteiger partial charge in [0.1, 0.15) is 6.61 Å². The SMILES string of the molecule is C=CC(=C)C=CC=C(C)C=CC=C(C)C=NCCOC(C)=O. The van der Waals surface area contributed by atoms with Gasteiger partial charge >= 0.3 is 5.97 Å². The maximum absolute atomic E-state index is 10.6. The van der Waals surface area contributed by atoms with Crippen molar-refractivity contribution in [1.82, 2.24) is 0 Å².